The van der Waals surface area contributed by atoms with Gasteiger partial charge in [0, 0.05) is 11.7 Å². The average molecular weight is 281 g/mol. The summed E-state index contributed by atoms with van der Waals surface area (Å²) in [5, 5.41) is 3.51. The SMILES string of the molecule is CC1(C)CCCCC1NC(=O)c1c(N)cccc1Cl. The van der Waals surface area contributed by atoms with Crippen molar-refractivity contribution in [1.82, 2.24) is 5.32 Å². The summed E-state index contributed by atoms with van der Waals surface area (Å²) in [5.74, 6) is -0.164. The zero-order valence-corrected chi connectivity index (χ0v) is 12.3. The van der Waals surface area contributed by atoms with Gasteiger partial charge in [0.1, 0.15) is 0 Å². The van der Waals surface area contributed by atoms with Gasteiger partial charge < -0.3 is 11.1 Å². The van der Waals surface area contributed by atoms with Crippen molar-refractivity contribution in [1.29, 1.82) is 0 Å². The molecule has 0 heterocycles. The Morgan fingerprint density at radius 2 is 2.16 bits per heavy atom. The number of hydrogen-bond acceptors (Lipinski definition) is 2. The third-order valence-corrected chi connectivity index (χ3v) is 4.40. The Morgan fingerprint density at radius 3 is 2.79 bits per heavy atom. The van der Waals surface area contributed by atoms with Gasteiger partial charge in [0.15, 0.2) is 0 Å². The van der Waals surface area contributed by atoms with Gasteiger partial charge in [-0.3, -0.25) is 4.79 Å². The highest BCUT2D eigenvalue weighted by Gasteiger charge is 2.33. The lowest BCUT2D eigenvalue weighted by Crippen LogP contribution is -2.47. The van der Waals surface area contributed by atoms with E-state index in [1.54, 1.807) is 18.2 Å². The fourth-order valence-corrected chi connectivity index (χ4v) is 3.04. The molecule has 1 aliphatic carbocycles. The molecule has 1 aromatic rings. The van der Waals surface area contributed by atoms with E-state index in [9.17, 15) is 4.79 Å². The lowest BCUT2D eigenvalue weighted by atomic mass is 9.73. The lowest BCUT2D eigenvalue weighted by molar-refractivity contribution is 0.0854. The predicted octanol–water partition coefficient (Wildman–Crippen LogP) is 3.62. The molecule has 4 heteroatoms. The van der Waals surface area contributed by atoms with Crippen molar-refractivity contribution in [3.05, 3.63) is 28.8 Å². The molecule has 1 aliphatic rings. The van der Waals surface area contributed by atoms with Crippen molar-refractivity contribution in [2.75, 3.05) is 5.73 Å². The van der Waals surface area contributed by atoms with Gasteiger partial charge in [0.25, 0.3) is 5.91 Å². The minimum absolute atomic E-state index is 0.129. The molecule has 0 aliphatic heterocycles. The van der Waals surface area contributed by atoms with Gasteiger partial charge in [-0.05, 0) is 30.4 Å². The maximum Gasteiger partial charge on any atom is 0.255 e. The van der Waals surface area contributed by atoms with Crippen LogP contribution in [0.2, 0.25) is 5.02 Å². The van der Waals surface area contributed by atoms with Crippen LogP contribution < -0.4 is 11.1 Å². The lowest BCUT2D eigenvalue weighted by Gasteiger charge is -2.39. The Morgan fingerprint density at radius 1 is 1.42 bits per heavy atom. The summed E-state index contributed by atoms with van der Waals surface area (Å²) in [4.78, 5) is 12.4. The first kappa shape index (κ1) is 14.2. The zero-order valence-electron chi connectivity index (χ0n) is 11.5. The van der Waals surface area contributed by atoms with E-state index >= 15 is 0 Å². The molecular formula is C15H21ClN2O. The Kier molecular flexibility index (Phi) is 4.04. The number of halogens is 1. The summed E-state index contributed by atoms with van der Waals surface area (Å²) in [6.45, 7) is 4.40. The summed E-state index contributed by atoms with van der Waals surface area (Å²) < 4.78 is 0. The number of benzene rings is 1. The molecule has 104 valence electrons. The summed E-state index contributed by atoms with van der Waals surface area (Å²) in [5.41, 5.74) is 6.80. The van der Waals surface area contributed by atoms with Gasteiger partial charge in [-0.1, -0.05) is 44.4 Å². The third kappa shape index (κ3) is 3.03. The second-order valence-corrected chi connectivity index (χ2v) is 6.37. The zero-order chi connectivity index (χ0) is 14.0. The molecule has 1 fully saturated rings. The van der Waals surface area contributed by atoms with E-state index in [1.807, 2.05) is 0 Å². The van der Waals surface area contributed by atoms with E-state index in [-0.39, 0.29) is 17.4 Å². The second kappa shape index (κ2) is 5.41. The van der Waals surface area contributed by atoms with Gasteiger partial charge in [-0.15, -0.1) is 0 Å². The standard InChI is InChI=1S/C15H21ClN2O/c1-15(2)9-4-3-8-12(15)18-14(19)13-10(16)6-5-7-11(13)17/h5-7,12H,3-4,8-9,17H2,1-2H3,(H,18,19). The van der Waals surface area contributed by atoms with Crippen molar-refractivity contribution >= 4 is 23.2 Å². The monoisotopic (exact) mass is 280 g/mol. The van der Waals surface area contributed by atoms with Crippen LogP contribution in [-0.4, -0.2) is 11.9 Å². The molecule has 1 aromatic carbocycles. The first-order chi connectivity index (χ1) is 8.92. The number of amides is 1. The van der Waals surface area contributed by atoms with Crippen LogP contribution in [0.1, 0.15) is 49.9 Å². The molecule has 0 spiro atoms. The molecule has 0 saturated heterocycles. The number of carbonyl (C=O) groups excluding carboxylic acids is 1. The highest BCUT2D eigenvalue weighted by molar-refractivity contribution is 6.34. The fourth-order valence-electron chi connectivity index (χ4n) is 2.77. The molecule has 1 unspecified atom stereocenters. The molecule has 2 rings (SSSR count). The quantitative estimate of drug-likeness (QED) is 0.813. The number of nitrogen functional groups attached to an aromatic ring is 1. The van der Waals surface area contributed by atoms with Crippen LogP contribution in [0.15, 0.2) is 18.2 Å². The van der Waals surface area contributed by atoms with Crippen LogP contribution in [0, 0.1) is 5.41 Å². The Hall–Kier alpha value is -1.22. The summed E-state index contributed by atoms with van der Waals surface area (Å²) in [7, 11) is 0. The van der Waals surface area contributed by atoms with E-state index in [1.165, 1.54) is 6.42 Å². The molecule has 0 radical (unpaired) electrons. The van der Waals surface area contributed by atoms with Crippen LogP contribution in [0.3, 0.4) is 0 Å². The Bertz CT molecular complexity index is 465. The molecule has 3 nitrogen and oxygen atoms in total. The summed E-state index contributed by atoms with van der Waals surface area (Å²) in [6.07, 6.45) is 4.54. The van der Waals surface area contributed by atoms with Crippen LogP contribution in [0.25, 0.3) is 0 Å². The largest absolute Gasteiger partial charge is 0.398 e. The van der Waals surface area contributed by atoms with Crippen molar-refractivity contribution < 1.29 is 4.79 Å². The van der Waals surface area contributed by atoms with Crippen molar-refractivity contribution in [2.24, 2.45) is 5.41 Å². The smallest absolute Gasteiger partial charge is 0.255 e. The molecule has 1 amide bonds. The van der Waals surface area contributed by atoms with Crippen molar-refractivity contribution in [2.45, 2.75) is 45.6 Å². The van der Waals surface area contributed by atoms with Crippen LogP contribution in [0.5, 0.6) is 0 Å². The van der Waals surface area contributed by atoms with Gasteiger partial charge in [-0.2, -0.15) is 0 Å². The first-order valence-corrected chi connectivity index (χ1v) is 7.14. The van der Waals surface area contributed by atoms with Crippen molar-refractivity contribution in [3.8, 4) is 0 Å². The van der Waals surface area contributed by atoms with Gasteiger partial charge in [0.2, 0.25) is 0 Å². The summed E-state index contributed by atoms with van der Waals surface area (Å²) in [6, 6.07) is 5.33. The molecule has 1 saturated carbocycles. The van der Waals surface area contributed by atoms with E-state index in [4.69, 9.17) is 17.3 Å². The van der Waals surface area contributed by atoms with Gasteiger partial charge in [0.05, 0.1) is 10.6 Å². The van der Waals surface area contributed by atoms with Crippen LogP contribution >= 0.6 is 11.6 Å². The van der Waals surface area contributed by atoms with E-state index in [0.29, 0.717) is 16.3 Å². The van der Waals surface area contributed by atoms with Gasteiger partial charge >= 0.3 is 0 Å². The number of hydrogen-bond donors (Lipinski definition) is 2. The number of nitrogens with two attached hydrogens (primary N) is 1. The Labute approximate surface area is 119 Å². The third-order valence-electron chi connectivity index (χ3n) is 4.09. The number of nitrogens with one attached hydrogen (secondary N) is 1. The second-order valence-electron chi connectivity index (χ2n) is 5.96. The van der Waals surface area contributed by atoms with Crippen LogP contribution in [-0.2, 0) is 0 Å². The average Bonchev–Trinajstić information content (AvgIpc) is 2.31. The molecule has 1 atom stereocenters. The maximum absolute atomic E-state index is 12.4. The van der Waals surface area contributed by atoms with Gasteiger partial charge in [-0.25, -0.2) is 0 Å². The minimum atomic E-state index is -0.164. The molecule has 3 N–H and O–H groups in total. The summed E-state index contributed by atoms with van der Waals surface area (Å²) >= 11 is 6.07. The highest BCUT2D eigenvalue weighted by atomic mass is 35.5. The van der Waals surface area contributed by atoms with E-state index in [2.05, 4.69) is 19.2 Å². The fraction of sp³-hybridized carbons (Fsp3) is 0.533. The van der Waals surface area contributed by atoms with E-state index < -0.39 is 0 Å². The molecule has 19 heavy (non-hydrogen) atoms. The Balaban J connectivity index is 2.17. The normalized spacial score (nSPS) is 21.9. The first-order valence-electron chi connectivity index (χ1n) is 6.76. The number of anilines is 1. The topological polar surface area (TPSA) is 55.1 Å². The number of carbonyl (C=O) groups is 1. The van der Waals surface area contributed by atoms with Crippen molar-refractivity contribution in [3.63, 3.8) is 0 Å². The maximum atomic E-state index is 12.4. The highest BCUT2D eigenvalue weighted by Crippen LogP contribution is 2.36. The molecule has 0 aromatic heterocycles. The minimum Gasteiger partial charge on any atom is -0.398 e. The predicted molar refractivity (Wildman–Crippen MR) is 79.4 cm³/mol. The van der Waals surface area contributed by atoms with Crippen LogP contribution in [0.4, 0.5) is 5.69 Å². The van der Waals surface area contributed by atoms with E-state index in [0.717, 1.165) is 19.3 Å². The molecular weight excluding hydrogens is 260 g/mol. The number of rotatable bonds is 2. The molecule has 0 bridgehead atoms.